The number of nitrogens with one attached hydrogen (secondary N) is 1. The smallest absolute Gasteiger partial charge is 0.0244 e. The first-order valence-corrected chi connectivity index (χ1v) is 8.74. The Bertz CT molecular complexity index is 271. The van der Waals surface area contributed by atoms with Gasteiger partial charge >= 0.3 is 0 Å². The molecule has 2 rings (SSSR count). The second-order valence-electron chi connectivity index (χ2n) is 7.43. The summed E-state index contributed by atoms with van der Waals surface area (Å²) in [5, 5.41) is 3.91. The van der Waals surface area contributed by atoms with Crippen LogP contribution in [0.3, 0.4) is 0 Å². The monoisotopic (exact) mass is 281 g/mol. The highest BCUT2D eigenvalue weighted by Crippen LogP contribution is 2.24. The minimum atomic E-state index is 0.706. The summed E-state index contributed by atoms with van der Waals surface area (Å²) in [6.45, 7) is 13.3. The largest absolute Gasteiger partial charge is 0.312 e. The Morgan fingerprint density at radius 1 is 1.05 bits per heavy atom. The van der Waals surface area contributed by atoms with E-state index in [1.165, 1.54) is 58.4 Å². The molecule has 0 spiro atoms. The normalized spacial score (nSPS) is 31.6. The molecule has 0 aromatic heterocycles. The highest BCUT2D eigenvalue weighted by atomic mass is 15.3. The molecule has 1 saturated carbocycles. The molecular weight excluding hydrogens is 246 g/mol. The molecule has 1 saturated heterocycles. The minimum absolute atomic E-state index is 0.706. The molecule has 0 radical (unpaired) electrons. The zero-order valence-corrected chi connectivity index (χ0v) is 14.1. The SMILES string of the molecule is CC(C)C(CNC1CCCCC1C)N1CCN(C)CC1. The zero-order valence-electron chi connectivity index (χ0n) is 14.1. The van der Waals surface area contributed by atoms with Crippen molar-refractivity contribution in [3.63, 3.8) is 0 Å². The lowest BCUT2D eigenvalue weighted by Crippen LogP contribution is -2.55. The summed E-state index contributed by atoms with van der Waals surface area (Å²) < 4.78 is 0. The fourth-order valence-corrected chi connectivity index (χ4v) is 3.83. The third-order valence-corrected chi connectivity index (χ3v) is 5.48. The van der Waals surface area contributed by atoms with Crippen molar-refractivity contribution in [2.45, 2.75) is 58.5 Å². The first kappa shape index (κ1) is 16.3. The quantitative estimate of drug-likeness (QED) is 0.835. The van der Waals surface area contributed by atoms with E-state index in [4.69, 9.17) is 0 Å². The highest BCUT2D eigenvalue weighted by Gasteiger charge is 2.27. The van der Waals surface area contributed by atoms with Crippen LogP contribution in [0, 0.1) is 11.8 Å². The van der Waals surface area contributed by atoms with Crippen molar-refractivity contribution in [3.8, 4) is 0 Å². The molecule has 1 aliphatic carbocycles. The van der Waals surface area contributed by atoms with Gasteiger partial charge in [-0.1, -0.05) is 33.6 Å². The van der Waals surface area contributed by atoms with Crippen LogP contribution < -0.4 is 5.32 Å². The van der Waals surface area contributed by atoms with Crippen molar-refractivity contribution >= 4 is 0 Å². The lowest BCUT2D eigenvalue weighted by molar-refractivity contribution is 0.0832. The van der Waals surface area contributed by atoms with Crippen LogP contribution in [0.5, 0.6) is 0 Å². The van der Waals surface area contributed by atoms with Crippen LogP contribution in [-0.2, 0) is 0 Å². The van der Waals surface area contributed by atoms with Crippen LogP contribution in [0.4, 0.5) is 0 Å². The summed E-state index contributed by atoms with van der Waals surface area (Å²) in [7, 11) is 2.24. The second-order valence-corrected chi connectivity index (χ2v) is 7.43. The van der Waals surface area contributed by atoms with Gasteiger partial charge in [0, 0.05) is 44.8 Å². The number of rotatable bonds is 5. The summed E-state index contributed by atoms with van der Waals surface area (Å²) >= 11 is 0. The minimum Gasteiger partial charge on any atom is -0.312 e. The molecule has 0 aromatic carbocycles. The average Bonchev–Trinajstić information content (AvgIpc) is 2.42. The first-order valence-electron chi connectivity index (χ1n) is 8.74. The van der Waals surface area contributed by atoms with E-state index in [-0.39, 0.29) is 0 Å². The third-order valence-electron chi connectivity index (χ3n) is 5.48. The van der Waals surface area contributed by atoms with E-state index in [1.54, 1.807) is 0 Å². The van der Waals surface area contributed by atoms with Crippen molar-refractivity contribution < 1.29 is 0 Å². The van der Waals surface area contributed by atoms with E-state index in [0.717, 1.165) is 17.9 Å². The third kappa shape index (κ3) is 4.44. The molecule has 1 N–H and O–H groups in total. The molecule has 118 valence electrons. The average molecular weight is 281 g/mol. The van der Waals surface area contributed by atoms with Crippen molar-refractivity contribution in [2.75, 3.05) is 39.8 Å². The molecule has 3 heteroatoms. The van der Waals surface area contributed by atoms with Gasteiger partial charge in [0.15, 0.2) is 0 Å². The van der Waals surface area contributed by atoms with Gasteiger partial charge in [0.05, 0.1) is 0 Å². The van der Waals surface area contributed by atoms with Crippen molar-refractivity contribution in [3.05, 3.63) is 0 Å². The molecule has 20 heavy (non-hydrogen) atoms. The summed E-state index contributed by atoms with van der Waals surface area (Å²) in [5.74, 6) is 1.61. The van der Waals surface area contributed by atoms with Gasteiger partial charge in [-0.05, 0) is 31.7 Å². The van der Waals surface area contributed by atoms with Gasteiger partial charge in [-0.2, -0.15) is 0 Å². The van der Waals surface area contributed by atoms with Gasteiger partial charge in [0.1, 0.15) is 0 Å². The molecule has 3 unspecified atom stereocenters. The summed E-state index contributed by atoms with van der Waals surface area (Å²) in [6, 6.07) is 1.47. The molecule has 0 bridgehead atoms. The molecule has 3 atom stereocenters. The Kier molecular flexibility index (Phi) is 6.31. The van der Waals surface area contributed by atoms with Crippen molar-refractivity contribution in [2.24, 2.45) is 11.8 Å². The lowest BCUT2D eigenvalue weighted by atomic mass is 9.85. The van der Waals surface area contributed by atoms with Gasteiger partial charge in [-0.3, -0.25) is 4.90 Å². The lowest BCUT2D eigenvalue weighted by Gasteiger charge is -2.41. The number of hydrogen-bond acceptors (Lipinski definition) is 3. The van der Waals surface area contributed by atoms with Crippen LogP contribution in [0.1, 0.15) is 46.5 Å². The number of nitrogens with zero attached hydrogens (tertiary/aromatic N) is 2. The Balaban J connectivity index is 1.82. The van der Waals surface area contributed by atoms with Crippen LogP contribution in [-0.4, -0.2) is 61.7 Å². The van der Waals surface area contributed by atoms with E-state index in [1.807, 2.05) is 0 Å². The topological polar surface area (TPSA) is 18.5 Å². The maximum absolute atomic E-state index is 3.91. The Labute approximate surface area is 126 Å². The van der Waals surface area contributed by atoms with E-state index in [2.05, 4.69) is 42.9 Å². The summed E-state index contributed by atoms with van der Waals surface area (Å²) in [4.78, 5) is 5.16. The van der Waals surface area contributed by atoms with E-state index >= 15 is 0 Å². The fourth-order valence-electron chi connectivity index (χ4n) is 3.83. The predicted octanol–water partition coefficient (Wildman–Crippen LogP) is 2.43. The molecule has 1 heterocycles. The summed E-state index contributed by atoms with van der Waals surface area (Å²) in [6.07, 6.45) is 5.65. The molecule has 1 aliphatic heterocycles. The van der Waals surface area contributed by atoms with Gasteiger partial charge < -0.3 is 10.2 Å². The molecule has 0 aromatic rings. The van der Waals surface area contributed by atoms with Gasteiger partial charge in [-0.15, -0.1) is 0 Å². The molecule has 2 fully saturated rings. The maximum atomic E-state index is 3.91. The number of piperazine rings is 1. The Hall–Kier alpha value is -0.120. The summed E-state index contributed by atoms with van der Waals surface area (Å²) in [5.41, 5.74) is 0. The van der Waals surface area contributed by atoms with Crippen LogP contribution in [0.15, 0.2) is 0 Å². The standard InChI is InChI=1S/C17H35N3/c1-14(2)17(20-11-9-19(4)10-12-20)13-18-16-8-6-5-7-15(16)3/h14-18H,5-13H2,1-4H3. The van der Waals surface area contributed by atoms with Crippen LogP contribution in [0.25, 0.3) is 0 Å². The Morgan fingerprint density at radius 2 is 1.70 bits per heavy atom. The van der Waals surface area contributed by atoms with Gasteiger partial charge in [-0.25, -0.2) is 0 Å². The van der Waals surface area contributed by atoms with Crippen LogP contribution >= 0.6 is 0 Å². The maximum Gasteiger partial charge on any atom is 0.0244 e. The zero-order chi connectivity index (χ0) is 14.5. The Morgan fingerprint density at radius 3 is 2.30 bits per heavy atom. The van der Waals surface area contributed by atoms with E-state index < -0.39 is 0 Å². The molecule has 2 aliphatic rings. The molecular formula is C17H35N3. The molecule has 0 amide bonds. The van der Waals surface area contributed by atoms with Gasteiger partial charge in [0.2, 0.25) is 0 Å². The number of hydrogen-bond donors (Lipinski definition) is 1. The van der Waals surface area contributed by atoms with Crippen molar-refractivity contribution in [1.82, 2.24) is 15.1 Å². The second kappa shape index (κ2) is 7.77. The van der Waals surface area contributed by atoms with Gasteiger partial charge in [0.25, 0.3) is 0 Å². The van der Waals surface area contributed by atoms with Crippen molar-refractivity contribution in [1.29, 1.82) is 0 Å². The van der Waals surface area contributed by atoms with E-state index in [0.29, 0.717) is 6.04 Å². The fraction of sp³-hybridized carbons (Fsp3) is 1.00. The number of likely N-dealkylation sites (N-methyl/N-ethyl adjacent to an activating group) is 1. The first-order chi connectivity index (χ1) is 9.58. The predicted molar refractivity (Wildman–Crippen MR) is 87.1 cm³/mol. The highest BCUT2D eigenvalue weighted by molar-refractivity contribution is 4.85. The van der Waals surface area contributed by atoms with Crippen LogP contribution in [0.2, 0.25) is 0 Å². The van der Waals surface area contributed by atoms with E-state index in [9.17, 15) is 0 Å². The molecule has 3 nitrogen and oxygen atoms in total.